The third-order valence-electron chi connectivity index (χ3n) is 11.3. The normalized spacial score (nSPS) is 9.67. The van der Waals surface area contributed by atoms with E-state index in [-0.39, 0.29) is 99.2 Å². The predicted molar refractivity (Wildman–Crippen MR) is 389 cm³/mol. The van der Waals surface area contributed by atoms with Gasteiger partial charge in [-0.05, 0) is 174 Å². The van der Waals surface area contributed by atoms with Gasteiger partial charge in [0.25, 0.3) is 5.24 Å². The fraction of sp³-hybridized carbons (Fsp3) is 0.192. The fourth-order valence-corrected chi connectivity index (χ4v) is 9.25. The topological polar surface area (TPSA) is 402 Å². The first-order valence-electron chi connectivity index (χ1n) is 30.5. The van der Waals surface area contributed by atoms with Crippen molar-refractivity contribution in [3.63, 3.8) is 0 Å². The molecule has 8 aromatic carbocycles. The molecule has 0 saturated heterocycles. The molecule has 0 fully saturated rings. The van der Waals surface area contributed by atoms with Crippen molar-refractivity contribution >= 4 is 105 Å². The molecular weight excluding hydrogens is 1470 g/mol. The van der Waals surface area contributed by atoms with Crippen LogP contribution < -0.4 is 62.7 Å². The maximum atomic E-state index is 12.1. The Bertz CT molecular complexity index is 4060. The SMILES string of the molecule is CC(=O)Oc1ccccc1C(=O)Cl.CC(=O)Oc1ccccc1C(=O)Oc1ccc(C)cc1.CC(=O)Oc1ccccc1C(=O)Oc1ccc(C)cc1.CC(=O)Oc1ccccc1C(=O)Oc1ccc(C=O)cc1.CCOP(=O)(Cl)OCC.CCOP(=O)(O)OCC.O.O=Cc1ccc(O)cc1.[B-]C#N.[Na+]. The van der Waals surface area contributed by atoms with Crippen LogP contribution in [0.5, 0.6) is 46.0 Å². The summed E-state index contributed by atoms with van der Waals surface area (Å²) >= 11 is 10.5. The van der Waals surface area contributed by atoms with Crippen molar-refractivity contribution in [3.8, 4) is 52.0 Å². The molecule has 3 radical (unpaired) electrons. The van der Waals surface area contributed by atoms with E-state index in [1.807, 2.05) is 38.1 Å². The number of halogens is 2. The molecule has 4 N–H and O–H groups in total. The Labute approximate surface area is 645 Å². The molecule has 8 rings (SSSR count). The number of carbonyl (C=O) groups excluding carboxylic acids is 10. The van der Waals surface area contributed by atoms with Gasteiger partial charge in [0.1, 0.15) is 75.3 Å². The number of ether oxygens (including phenoxy) is 7. The summed E-state index contributed by atoms with van der Waals surface area (Å²) in [7, 11) is 0.460. The van der Waals surface area contributed by atoms with Crippen LogP contribution in [0, 0.1) is 25.1 Å². The second kappa shape index (κ2) is 54.8. The summed E-state index contributed by atoms with van der Waals surface area (Å²) in [6.07, 6.45) is 1.43. The Morgan fingerprint density at radius 3 is 0.915 bits per heavy atom. The van der Waals surface area contributed by atoms with E-state index in [0.29, 0.717) is 47.9 Å². The van der Waals surface area contributed by atoms with Crippen molar-refractivity contribution in [2.45, 2.75) is 69.2 Å². The molecule has 0 saturated carbocycles. The Hall–Kier alpha value is -9.79. The van der Waals surface area contributed by atoms with Gasteiger partial charge in [-0.25, -0.2) is 23.5 Å². The van der Waals surface area contributed by atoms with Crippen LogP contribution in [0.4, 0.5) is 0 Å². The number of esters is 7. The number of nitrogens with zero attached hydrogens (tertiary/aromatic N) is 1. The standard InChI is InChI=1S/C16H12O5.2C16H14O4.C9H7ClO3.C7H6O2.C4H10ClO3P.C4H11O4P.CBN.Na.H2O/c1-11(18)20-15-5-3-2-4-14(15)16(19)21-13-8-6-12(10-17)7-9-13;2*1-11-7-9-13(10-8-11)20-16(18)14-5-3-4-6-15(14)19-12(2)17;1-6(11)13-8-5-3-2-4-7(8)9(10)12;8-5-6-1-3-7(9)4-2-6;2*1-3-7-9(5,6)8-4-2;2-1-3;;/h2-10H,1H3;2*3-10H,1-2H3;2-5H,1H3;1-5,9H;3-4H2,1-2H3;3-4H2,1-2H3,(H,5,6);;;1H2/q;;;;;;;-1;+1;. The maximum absolute atomic E-state index is 12.1. The minimum absolute atomic E-state index is 0. The number of para-hydroxylation sites is 4. The van der Waals surface area contributed by atoms with Gasteiger partial charge in [0, 0.05) is 50.1 Å². The van der Waals surface area contributed by atoms with Crippen molar-refractivity contribution in [1.82, 2.24) is 0 Å². The fourth-order valence-electron chi connectivity index (χ4n) is 7.09. The van der Waals surface area contributed by atoms with Gasteiger partial charge in [0.2, 0.25) is 0 Å². The monoisotopic (exact) mass is 1550 g/mol. The van der Waals surface area contributed by atoms with Crippen molar-refractivity contribution in [2.24, 2.45) is 0 Å². The van der Waals surface area contributed by atoms with Crippen LogP contribution in [0.2, 0.25) is 0 Å². The number of benzene rings is 8. The Kier molecular flexibility index (Phi) is 50.8. The van der Waals surface area contributed by atoms with Crippen LogP contribution in [-0.2, 0) is 46.4 Å². The molecule has 8 aromatic rings. The number of aryl methyl sites for hydroxylation is 2. The Morgan fingerprint density at radius 2 is 0.670 bits per heavy atom. The van der Waals surface area contributed by atoms with Crippen molar-refractivity contribution < 1.29 is 153 Å². The van der Waals surface area contributed by atoms with Crippen LogP contribution in [0.25, 0.3) is 0 Å². The molecule has 0 aliphatic heterocycles. The van der Waals surface area contributed by atoms with Gasteiger partial charge in [0.05, 0.1) is 32.0 Å². The number of hydrogen-bond donors (Lipinski definition) is 2. The summed E-state index contributed by atoms with van der Waals surface area (Å²) in [5, 5.41) is 15.2. The second-order valence-electron chi connectivity index (χ2n) is 19.5. The van der Waals surface area contributed by atoms with Gasteiger partial charge >= 0.3 is 86.1 Å². The number of phenolic OH excluding ortho intramolecular Hbond substituents is 1. The molecule has 0 heterocycles. The number of carbonyl (C=O) groups is 10. The number of nitriles is 1. The average Bonchev–Trinajstić information content (AvgIpc) is 0.856. The molecule has 0 spiro atoms. The third kappa shape index (κ3) is 42.9. The number of phosphoric acid groups is 1. The summed E-state index contributed by atoms with van der Waals surface area (Å²) in [6, 6.07) is 51.9. The number of hydrogen-bond acceptors (Lipinski definition) is 25. The Balaban J connectivity index is 0. The van der Waals surface area contributed by atoms with Gasteiger partial charge in [0.15, 0.2) is 0 Å². The molecule has 557 valence electrons. The minimum atomic E-state index is -3.69. The average molecular weight is 1550 g/mol. The summed E-state index contributed by atoms with van der Waals surface area (Å²) in [5.74, 6) is -0.428. The van der Waals surface area contributed by atoms with E-state index in [1.165, 1.54) is 94.3 Å². The van der Waals surface area contributed by atoms with Gasteiger partial charge in [-0.1, -0.05) is 83.9 Å². The van der Waals surface area contributed by atoms with E-state index in [2.05, 4.69) is 25.9 Å². The first-order chi connectivity index (χ1) is 49.3. The van der Waals surface area contributed by atoms with Crippen molar-refractivity contribution in [2.75, 3.05) is 26.4 Å². The van der Waals surface area contributed by atoms with Crippen molar-refractivity contribution in [1.29, 1.82) is 5.26 Å². The largest absolute Gasteiger partial charge is 1.00 e. The molecule has 0 aromatic heterocycles. The van der Waals surface area contributed by atoms with E-state index >= 15 is 0 Å². The van der Waals surface area contributed by atoms with Crippen molar-refractivity contribution in [3.05, 3.63) is 239 Å². The van der Waals surface area contributed by atoms with E-state index in [9.17, 15) is 57.1 Å². The van der Waals surface area contributed by atoms with Gasteiger partial charge in [-0.3, -0.25) is 62.9 Å². The number of phosphoric ester groups is 1. The summed E-state index contributed by atoms with van der Waals surface area (Å²) < 4.78 is 74.5. The molecule has 0 aliphatic rings. The number of aromatic hydroxyl groups is 1. The maximum Gasteiger partial charge on any atom is 1.00 e. The quantitative estimate of drug-likeness (QED) is 0.0168. The molecular formula is C73H76BCl2NNaO26P2. The van der Waals surface area contributed by atoms with E-state index < -0.39 is 61.8 Å². The van der Waals surface area contributed by atoms with Crippen LogP contribution in [0.3, 0.4) is 0 Å². The Morgan fingerprint density at radius 1 is 0.434 bits per heavy atom. The number of rotatable bonds is 21. The summed E-state index contributed by atoms with van der Waals surface area (Å²) in [4.78, 5) is 120. The molecule has 27 nitrogen and oxygen atoms in total. The van der Waals surface area contributed by atoms with E-state index in [4.69, 9.17) is 71.3 Å². The van der Waals surface area contributed by atoms with Crippen LogP contribution in [-0.4, -0.2) is 109 Å². The molecule has 0 aliphatic carbocycles. The van der Waals surface area contributed by atoms with Crippen LogP contribution >= 0.6 is 37.6 Å². The second-order valence-corrected chi connectivity index (χ2v) is 23.9. The molecule has 0 atom stereocenters. The molecule has 106 heavy (non-hydrogen) atoms. The molecule has 0 unspecified atom stereocenters. The van der Waals surface area contributed by atoms with Gasteiger partial charge in [-0.2, -0.15) is 0 Å². The smallest absolute Gasteiger partial charge is 0.508 e. The first-order valence-corrected chi connectivity index (χ1v) is 34.8. The molecule has 0 bridgehead atoms. The zero-order valence-electron chi connectivity index (χ0n) is 59.4. The zero-order valence-corrected chi connectivity index (χ0v) is 64.7. The minimum Gasteiger partial charge on any atom is -0.508 e. The number of phenols is 1. The first kappa shape index (κ1) is 98.3. The molecule has 0 amide bonds. The van der Waals surface area contributed by atoms with Crippen LogP contribution in [0.15, 0.2) is 194 Å². The third-order valence-corrected chi connectivity index (χ3v) is 14.4. The molecule has 33 heteroatoms. The summed E-state index contributed by atoms with van der Waals surface area (Å²) in [6.45, 7) is 13.4. The van der Waals surface area contributed by atoms with E-state index in [1.54, 1.807) is 137 Å². The van der Waals surface area contributed by atoms with E-state index in [0.717, 1.165) is 17.4 Å². The van der Waals surface area contributed by atoms with Crippen LogP contribution in [0.1, 0.15) is 129 Å². The van der Waals surface area contributed by atoms with Gasteiger partial charge in [-0.15, -0.1) is 0 Å². The summed E-state index contributed by atoms with van der Waals surface area (Å²) in [5.41, 5.74) is 3.97. The van der Waals surface area contributed by atoms with Gasteiger partial charge < -0.3 is 56.5 Å². The number of aldehydes is 2. The predicted octanol–water partition coefficient (Wildman–Crippen LogP) is 11.5. The zero-order chi connectivity index (χ0) is 78.2.